The minimum atomic E-state index is -0.897. The van der Waals surface area contributed by atoms with Crippen molar-refractivity contribution in [2.75, 3.05) is 13.2 Å². The molecule has 0 aromatic heterocycles. The van der Waals surface area contributed by atoms with Gasteiger partial charge in [0.1, 0.15) is 11.5 Å². The number of fused-ring (bicyclic) bond motifs is 1. The maximum absolute atomic E-state index is 10.7. The summed E-state index contributed by atoms with van der Waals surface area (Å²) in [5, 5.41) is 26.7. The number of hydrogen-bond donors (Lipinski definition) is 2. The summed E-state index contributed by atoms with van der Waals surface area (Å²) < 4.78 is 12.1. The van der Waals surface area contributed by atoms with Crippen LogP contribution in [0.25, 0.3) is 4.85 Å². The molecule has 0 atom stereocenters. The first kappa shape index (κ1) is 22.5. The zero-order valence-corrected chi connectivity index (χ0v) is 17.2. The maximum atomic E-state index is 10.7. The molecule has 0 saturated heterocycles. The number of nitrogens with zero attached hydrogens (tertiary/aromatic N) is 2. The highest BCUT2D eigenvalue weighted by Crippen LogP contribution is 2.59. The Kier molecular flexibility index (Phi) is 8.25. The summed E-state index contributed by atoms with van der Waals surface area (Å²) in [4.78, 5) is 26.0. The molecule has 0 unspecified atom stereocenters. The van der Waals surface area contributed by atoms with Crippen molar-refractivity contribution in [1.82, 2.24) is 0 Å². The Morgan fingerprint density at radius 2 is 1.72 bits per heavy atom. The van der Waals surface area contributed by atoms with Crippen molar-refractivity contribution in [1.29, 1.82) is 5.26 Å². The van der Waals surface area contributed by atoms with E-state index in [-0.39, 0.29) is 31.8 Å². The molecule has 1 aromatic rings. The predicted molar refractivity (Wildman–Crippen MR) is 107 cm³/mol. The number of carboxylic acids is 2. The molecule has 0 saturated carbocycles. The quantitative estimate of drug-likeness (QED) is 0.315. The minimum Gasteiger partial charge on any atom is -0.492 e. The summed E-state index contributed by atoms with van der Waals surface area (Å²) in [6.45, 7) is 9.44. The average molecular weight is 434 g/mol. The van der Waals surface area contributed by atoms with Gasteiger partial charge in [-0.25, -0.2) is 10.1 Å². The molecule has 0 spiro atoms. The molecule has 2 N–H and O–H groups in total. The van der Waals surface area contributed by atoms with Crippen LogP contribution in [0, 0.1) is 24.8 Å². The van der Waals surface area contributed by atoms with Crippen molar-refractivity contribution in [2.24, 2.45) is 0 Å². The molecule has 8 nitrogen and oxygen atoms in total. The second kappa shape index (κ2) is 10.6. The average Bonchev–Trinajstić information content (AvgIpc) is 3.09. The van der Waals surface area contributed by atoms with Gasteiger partial charge < -0.3 is 19.7 Å². The Labute approximate surface area is 176 Å². The molecule has 10 heteroatoms. The van der Waals surface area contributed by atoms with Crippen molar-refractivity contribution in [3.8, 4) is 17.6 Å². The van der Waals surface area contributed by atoms with Crippen LogP contribution in [0.15, 0.2) is 25.8 Å². The van der Waals surface area contributed by atoms with Crippen LogP contribution in [-0.2, 0) is 9.59 Å². The lowest BCUT2D eigenvalue weighted by molar-refractivity contribution is -0.138. The van der Waals surface area contributed by atoms with E-state index in [0.29, 0.717) is 38.4 Å². The van der Waals surface area contributed by atoms with Crippen LogP contribution >= 0.6 is 23.5 Å². The SMILES string of the molecule is [C-]#[N+]/C(C#N)=C1\Sc2c(OCCCC(=O)O)cc(C)c(OCCCC(=O)O)c2S1. The summed E-state index contributed by atoms with van der Waals surface area (Å²) in [6, 6.07) is 3.65. The molecule has 0 radical (unpaired) electrons. The molecule has 1 aromatic carbocycles. The number of benzene rings is 1. The number of carboxylic acid groups (broad SMARTS) is 2. The Morgan fingerprint density at radius 1 is 1.14 bits per heavy atom. The van der Waals surface area contributed by atoms with Crippen LogP contribution < -0.4 is 9.47 Å². The van der Waals surface area contributed by atoms with Crippen molar-refractivity contribution in [3.05, 3.63) is 33.0 Å². The molecule has 152 valence electrons. The monoisotopic (exact) mass is 434 g/mol. The van der Waals surface area contributed by atoms with E-state index in [4.69, 9.17) is 26.3 Å². The Hall–Kier alpha value is -2.82. The molecule has 1 aliphatic rings. The molecule has 0 aliphatic carbocycles. The Balaban J connectivity index is 2.29. The third-order valence-electron chi connectivity index (χ3n) is 3.72. The van der Waals surface area contributed by atoms with Gasteiger partial charge in [-0.15, -0.1) is 0 Å². The summed E-state index contributed by atoms with van der Waals surface area (Å²) in [7, 11) is 0. The lowest BCUT2D eigenvalue weighted by atomic mass is 10.2. The van der Waals surface area contributed by atoms with Gasteiger partial charge in [0.05, 0.1) is 39.9 Å². The standard InChI is InChI=1S/C19H18N2O6S2/c1-11-9-13(26-7-3-5-14(22)23)17-18(16(11)27-8-4-6-15(24)25)29-19(28-17)12(10-20)21-2/h9H,3-8H2,1H3,(H,22,23)(H,24,25)/b19-12+. The van der Waals surface area contributed by atoms with Gasteiger partial charge in [-0.2, -0.15) is 0 Å². The smallest absolute Gasteiger partial charge is 0.303 e. The Bertz CT molecular complexity index is 914. The van der Waals surface area contributed by atoms with Crippen molar-refractivity contribution in [3.63, 3.8) is 0 Å². The minimum absolute atomic E-state index is 0.00460. The fourth-order valence-corrected chi connectivity index (χ4v) is 4.99. The fraction of sp³-hybridized carbons (Fsp3) is 0.368. The summed E-state index contributed by atoms with van der Waals surface area (Å²) in [5.74, 6) is -0.689. The molecule has 0 amide bonds. The van der Waals surface area contributed by atoms with Gasteiger partial charge in [-0.05, 0) is 31.4 Å². The molecule has 2 rings (SSSR count). The summed E-state index contributed by atoms with van der Waals surface area (Å²) in [6.07, 6.45) is 0.691. The first-order chi connectivity index (χ1) is 13.9. The highest BCUT2D eigenvalue weighted by molar-refractivity contribution is 8.24. The van der Waals surface area contributed by atoms with Crippen molar-refractivity contribution >= 4 is 35.5 Å². The van der Waals surface area contributed by atoms with Gasteiger partial charge in [-0.1, -0.05) is 23.5 Å². The van der Waals surface area contributed by atoms with Gasteiger partial charge in [-0.3, -0.25) is 9.59 Å². The molecule has 29 heavy (non-hydrogen) atoms. The van der Waals surface area contributed by atoms with E-state index in [0.717, 1.165) is 5.56 Å². The van der Waals surface area contributed by atoms with Gasteiger partial charge in [0.25, 0.3) is 5.70 Å². The zero-order chi connectivity index (χ0) is 21.4. The van der Waals surface area contributed by atoms with E-state index in [9.17, 15) is 14.9 Å². The number of thioether (sulfide) groups is 2. The number of nitriles is 1. The highest BCUT2D eigenvalue weighted by atomic mass is 32.2. The second-order valence-corrected chi connectivity index (χ2v) is 8.23. The van der Waals surface area contributed by atoms with E-state index in [2.05, 4.69) is 4.85 Å². The van der Waals surface area contributed by atoms with E-state index in [1.165, 1.54) is 23.5 Å². The Morgan fingerprint density at radius 3 is 2.28 bits per heavy atom. The normalized spacial score (nSPS) is 13.8. The van der Waals surface area contributed by atoms with Crippen LogP contribution in [0.4, 0.5) is 0 Å². The molecule has 1 aliphatic heterocycles. The third-order valence-corrected chi connectivity index (χ3v) is 6.31. The van der Waals surface area contributed by atoms with Crippen LogP contribution in [0.5, 0.6) is 11.5 Å². The van der Waals surface area contributed by atoms with Gasteiger partial charge >= 0.3 is 11.9 Å². The summed E-state index contributed by atoms with van der Waals surface area (Å²) >= 11 is 2.49. The second-order valence-electron chi connectivity index (χ2n) is 5.93. The number of hydrogen-bond acceptors (Lipinski definition) is 7. The van der Waals surface area contributed by atoms with Crippen molar-refractivity contribution < 1.29 is 29.3 Å². The van der Waals surface area contributed by atoms with Crippen LogP contribution in [0.1, 0.15) is 31.2 Å². The fourth-order valence-electron chi connectivity index (χ4n) is 2.42. The molecular weight excluding hydrogens is 416 g/mol. The first-order valence-electron chi connectivity index (χ1n) is 8.61. The number of aliphatic carboxylic acids is 2. The first-order valence-corrected chi connectivity index (χ1v) is 10.2. The van der Waals surface area contributed by atoms with Crippen LogP contribution in [-0.4, -0.2) is 35.4 Å². The van der Waals surface area contributed by atoms with E-state index in [1.807, 2.05) is 13.0 Å². The number of aryl methyl sites for hydroxylation is 1. The highest BCUT2D eigenvalue weighted by Gasteiger charge is 2.30. The molecule has 0 bridgehead atoms. The lowest BCUT2D eigenvalue weighted by Crippen LogP contribution is -2.05. The summed E-state index contributed by atoms with van der Waals surface area (Å²) in [5.41, 5.74) is 0.741. The van der Waals surface area contributed by atoms with Crippen molar-refractivity contribution in [2.45, 2.75) is 42.4 Å². The molecular formula is C19H18N2O6S2. The largest absolute Gasteiger partial charge is 0.492 e. The number of ether oxygens (including phenoxy) is 2. The molecule has 0 fully saturated rings. The van der Waals surface area contributed by atoms with Gasteiger partial charge in [0.15, 0.2) is 0 Å². The van der Waals surface area contributed by atoms with E-state index < -0.39 is 11.9 Å². The van der Waals surface area contributed by atoms with E-state index in [1.54, 1.807) is 6.07 Å². The number of allylic oxidation sites excluding steroid dienone is 1. The topological polar surface area (TPSA) is 121 Å². The van der Waals surface area contributed by atoms with E-state index >= 15 is 0 Å². The maximum Gasteiger partial charge on any atom is 0.303 e. The number of rotatable bonds is 10. The molecule has 1 heterocycles. The third kappa shape index (κ3) is 6.08. The van der Waals surface area contributed by atoms with Gasteiger partial charge in [0.2, 0.25) is 0 Å². The van der Waals surface area contributed by atoms with Crippen LogP contribution in [0.2, 0.25) is 0 Å². The number of carbonyl (C=O) groups is 2. The predicted octanol–water partition coefficient (Wildman–Crippen LogP) is 4.29. The zero-order valence-electron chi connectivity index (χ0n) is 15.6. The lowest BCUT2D eigenvalue weighted by Gasteiger charge is -2.16. The van der Waals surface area contributed by atoms with Gasteiger partial charge in [0, 0.05) is 12.8 Å². The van der Waals surface area contributed by atoms with Crippen LogP contribution in [0.3, 0.4) is 0 Å².